The number of carbonyl (C=O) groups excluding carboxylic acids is 3. The molecule has 8 heteroatoms. The third kappa shape index (κ3) is 4.81. The lowest BCUT2D eigenvalue weighted by molar-refractivity contribution is -0.156. The first-order valence-corrected chi connectivity index (χ1v) is 15.5. The minimum absolute atomic E-state index is 0.00820. The Labute approximate surface area is 253 Å². The molecule has 0 radical (unpaired) electrons. The van der Waals surface area contributed by atoms with E-state index in [9.17, 15) is 29.4 Å². The zero-order valence-corrected chi connectivity index (χ0v) is 26.2. The molecule has 1 heterocycles. The van der Waals surface area contributed by atoms with Crippen molar-refractivity contribution in [3.05, 3.63) is 57.9 Å². The predicted molar refractivity (Wildman–Crippen MR) is 160 cm³/mol. The van der Waals surface area contributed by atoms with Crippen molar-refractivity contribution >= 4 is 23.7 Å². The third-order valence-electron chi connectivity index (χ3n) is 10.9. The zero-order valence-electron chi connectivity index (χ0n) is 26.2. The third-order valence-corrected chi connectivity index (χ3v) is 10.9. The fourth-order valence-corrected chi connectivity index (χ4v) is 9.24. The van der Waals surface area contributed by atoms with Crippen LogP contribution in [-0.4, -0.2) is 45.6 Å². The summed E-state index contributed by atoms with van der Waals surface area (Å²) in [7, 11) is 0. The smallest absolute Gasteiger partial charge is 0.346 e. The standard InChI is InChI=1S/C35H44O8/c1-17-9-8-10-18(2)28-20(4)14-25-26(42-22(6)36)12-11-19(3)29(25)34(28,7)30(37)27-31(38)35(43-33(27)41)16-21(5)24(32(39)40)15-23(35)13-17/h10,13-15,19,21,23,25-26,28-29,37H,8-9,11-12,16H2,1-7H3,(H,39,40)/b17-13+,18-10+,30-27?/t19-,21+,23+,25+,26-,28+,29+,34+,35-/m0/s1. The highest BCUT2D eigenvalue weighted by molar-refractivity contribution is 6.26. The number of rotatable bonds is 2. The van der Waals surface area contributed by atoms with E-state index in [1.165, 1.54) is 6.92 Å². The Morgan fingerprint density at radius 2 is 1.74 bits per heavy atom. The topological polar surface area (TPSA) is 127 Å². The Kier molecular flexibility index (Phi) is 7.89. The molecule has 1 saturated heterocycles. The average Bonchev–Trinajstić information content (AvgIpc) is 3.14. The quantitative estimate of drug-likeness (QED) is 0.221. The zero-order chi connectivity index (χ0) is 31.6. The minimum Gasteiger partial charge on any atom is -0.511 e. The van der Waals surface area contributed by atoms with E-state index in [2.05, 4.69) is 19.1 Å². The molecule has 1 saturated carbocycles. The van der Waals surface area contributed by atoms with Crippen LogP contribution in [0, 0.1) is 40.9 Å². The number of hydrogen-bond acceptors (Lipinski definition) is 7. The van der Waals surface area contributed by atoms with Gasteiger partial charge in [-0.05, 0) is 64.2 Å². The molecule has 5 rings (SSSR count). The first-order chi connectivity index (χ1) is 20.1. The summed E-state index contributed by atoms with van der Waals surface area (Å²) in [6, 6.07) is 0. The van der Waals surface area contributed by atoms with Crippen molar-refractivity contribution in [3.63, 3.8) is 0 Å². The summed E-state index contributed by atoms with van der Waals surface area (Å²) in [5, 5.41) is 22.3. The van der Waals surface area contributed by atoms with E-state index in [0.717, 1.165) is 23.1 Å². The second kappa shape index (κ2) is 10.9. The highest BCUT2D eigenvalue weighted by atomic mass is 16.6. The maximum absolute atomic E-state index is 14.6. The molecule has 9 atom stereocenters. The molecular formula is C35H44O8. The van der Waals surface area contributed by atoms with Crippen LogP contribution in [0.5, 0.6) is 0 Å². The molecule has 232 valence electrons. The number of allylic oxidation sites excluding steroid dienone is 5. The van der Waals surface area contributed by atoms with E-state index in [0.29, 0.717) is 19.3 Å². The normalized spacial score (nSPS) is 42.1. The first-order valence-electron chi connectivity index (χ1n) is 15.5. The maximum atomic E-state index is 14.6. The van der Waals surface area contributed by atoms with E-state index < -0.39 is 40.6 Å². The monoisotopic (exact) mass is 592 g/mol. The van der Waals surface area contributed by atoms with Crippen molar-refractivity contribution < 1.29 is 38.9 Å². The Morgan fingerprint density at radius 3 is 2.40 bits per heavy atom. The van der Waals surface area contributed by atoms with E-state index in [1.54, 1.807) is 13.0 Å². The van der Waals surface area contributed by atoms with Crippen LogP contribution in [0.2, 0.25) is 0 Å². The van der Waals surface area contributed by atoms with Gasteiger partial charge in [-0.2, -0.15) is 0 Å². The van der Waals surface area contributed by atoms with Crippen LogP contribution in [-0.2, 0) is 28.7 Å². The molecule has 5 aliphatic rings. The van der Waals surface area contributed by atoms with Crippen LogP contribution in [0.15, 0.2) is 57.9 Å². The number of aliphatic hydroxyl groups excluding tert-OH is 1. The van der Waals surface area contributed by atoms with Crippen LogP contribution in [0.1, 0.15) is 80.6 Å². The highest BCUT2D eigenvalue weighted by Crippen LogP contribution is 2.61. The number of ketones is 1. The number of aliphatic hydroxyl groups is 1. The molecule has 1 aliphatic heterocycles. The Balaban J connectivity index is 1.78. The van der Waals surface area contributed by atoms with E-state index in [-0.39, 0.29) is 59.1 Å². The van der Waals surface area contributed by atoms with Gasteiger partial charge in [-0.25, -0.2) is 9.59 Å². The molecular weight excluding hydrogens is 548 g/mol. The van der Waals surface area contributed by atoms with Crippen molar-refractivity contribution in [1.29, 1.82) is 0 Å². The van der Waals surface area contributed by atoms with E-state index in [4.69, 9.17) is 9.47 Å². The lowest BCUT2D eigenvalue weighted by atomic mass is 9.49. The SMILES string of the molecule is CC(=O)O[C@H]1CC[C@H](C)[C@@H]2[C@@H]1C=C(C)[C@H]1/C(C)=C/CC/C(C)=C/[C@@H]3C=C(C(=O)O)[C@H](C)C[C@]34OC(=O)C(=C(O)[C@@]21C)C4=O. The summed E-state index contributed by atoms with van der Waals surface area (Å²) >= 11 is 0. The second-order valence-electron chi connectivity index (χ2n) is 13.8. The van der Waals surface area contributed by atoms with Gasteiger partial charge in [-0.15, -0.1) is 0 Å². The number of aliphatic carboxylic acids is 1. The van der Waals surface area contributed by atoms with Gasteiger partial charge in [0.15, 0.2) is 5.60 Å². The fourth-order valence-electron chi connectivity index (χ4n) is 9.24. The molecule has 43 heavy (non-hydrogen) atoms. The first kappa shape index (κ1) is 31.0. The van der Waals surface area contributed by atoms with Gasteiger partial charge >= 0.3 is 17.9 Å². The largest absolute Gasteiger partial charge is 0.511 e. The minimum atomic E-state index is -1.64. The van der Waals surface area contributed by atoms with Crippen LogP contribution in [0.4, 0.5) is 0 Å². The van der Waals surface area contributed by atoms with Crippen molar-refractivity contribution in [2.24, 2.45) is 40.9 Å². The van der Waals surface area contributed by atoms with Crippen molar-refractivity contribution in [2.75, 3.05) is 0 Å². The number of carboxylic acids is 1. The summed E-state index contributed by atoms with van der Waals surface area (Å²) in [6.45, 7) is 13.2. The molecule has 0 aromatic carbocycles. The number of carboxylic acid groups (broad SMARTS) is 1. The predicted octanol–water partition coefficient (Wildman–Crippen LogP) is 6.19. The summed E-state index contributed by atoms with van der Waals surface area (Å²) in [4.78, 5) is 52.6. The maximum Gasteiger partial charge on any atom is 0.346 e. The Morgan fingerprint density at radius 1 is 1.05 bits per heavy atom. The van der Waals surface area contributed by atoms with Crippen LogP contribution < -0.4 is 0 Å². The summed E-state index contributed by atoms with van der Waals surface area (Å²) < 4.78 is 11.8. The number of esters is 2. The van der Waals surface area contributed by atoms with Crippen LogP contribution in [0.25, 0.3) is 0 Å². The summed E-state index contributed by atoms with van der Waals surface area (Å²) in [5.74, 6) is -5.18. The lowest BCUT2D eigenvalue weighted by Gasteiger charge is -2.56. The van der Waals surface area contributed by atoms with Gasteiger partial charge in [0.1, 0.15) is 17.4 Å². The molecule has 0 amide bonds. The van der Waals surface area contributed by atoms with Gasteiger partial charge in [-0.3, -0.25) is 9.59 Å². The van der Waals surface area contributed by atoms with Crippen LogP contribution >= 0.6 is 0 Å². The molecule has 2 fully saturated rings. The Hall–Kier alpha value is -3.42. The van der Waals surface area contributed by atoms with Gasteiger partial charge < -0.3 is 19.7 Å². The lowest BCUT2D eigenvalue weighted by Crippen LogP contribution is -2.54. The molecule has 4 aliphatic carbocycles. The molecule has 8 nitrogen and oxygen atoms in total. The molecule has 2 bridgehead atoms. The molecule has 2 N–H and O–H groups in total. The summed E-state index contributed by atoms with van der Waals surface area (Å²) in [5.41, 5.74) is 0.100. The second-order valence-corrected chi connectivity index (χ2v) is 13.8. The van der Waals surface area contributed by atoms with Crippen molar-refractivity contribution in [1.82, 2.24) is 0 Å². The molecule has 0 unspecified atom stereocenters. The Bertz CT molecular complexity index is 1420. The average molecular weight is 593 g/mol. The summed E-state index contributed by atoms with van der Waals surface area (Å²) in [6.07, 6.45) is 10.2. The molecule has 1 spiro atoms. The van der Waals surface area contributed by atoms with Gasteiger partial charge in [0.05, 0.1) is 0 Å². The number of carbonyl (C=O) groups is 4. The van der Waals surface area contributed by atoms with Gasteiger partial charge in [-0.1, -0.05) is 61.8 Å². The van der Waals surface area contributed by atoms with Crippen molar-refractivity contribution in [2.45, 2.75) is 92.3 Å². The van der Waals surface area contributed by atoms with Gasteiger partial charge in [0, 0.05) is 42.1 Å². The van der Waals surface area contributed by atoms with Gasteiger partial charge in [0.2, 0.25) is 5.78 Å². The number of Topliss-reactive ketones (excluding diaryl/α,β-unsaturated/α-hetero) is 1. The number of ether oxygens (including phenoxy) is 2. The molecule has 0 aromatic heterocycles. The van der Waals surface area contributed by atoms with Crippen LogP contribution in [0.3, 0.4) is 0 Å². The molecule has 0 aromatic rings. The number of fused-ring (bicyclic) bond motifs is 4. The highest BCUT2D eigenvalue weighted by Gasteiger charge is 2.63. The van der Waals surface area contributed by atoms with E-state index >= 15 is 0 Å². The van der Waals surface area contributed by atoms with Crippen molar-refractivity contribution in [3.8, 4) is 0 Å². The van der Waals surface area contributed by atoms with Gasteiger partial charge in [0.25, 0.3) is 0 Å². The number of hydrogen-bond donors (Lipinski definition) is 2. The fraction of sp³-hybridized carbons (Fsp3) is 0.600. The van der Waals surface area contributed by atoms with E-state index in [1.807, 2.05) is 33.8 Å².